The van der Waals surface area contributed by atoms with Crippen LogP contribution in [0.4, 0.5) is 23.3 Å². The molecule has 1 amide bonds. The lowest BCUT2D eigenvalue weighted by Gasteiger charge is -2.15. The molecule has 0 bridgehead atoms. The summed E-state index contributed by atoms with van der Waals surface area (Å²) < 4.78 is 26.4. The maximum Gasteiger partial charge on any atom is 0.286 e. The van der Waals surface area contributed by atoms with Crippen LogP contribution >= 0.6 is 0 Å². The van der Waals surface area contributed by atoms with Gasteiger partial charge in [-0.3, -0.25) is 4.79 Å². The van der Waals surface area contributed by atoms with Crippen LogP contribution in [0.15, 0.2) is 66.1 Å². The predicted molar refractivity (Wildman–Crippen MR) is 112 cm³/mol. The molecule has 0 saturated heterocycles. The zero-order valence-corrected chi connectivity index (χ0v) is 16.7. The molecule has 1 aromatic heterocycles. The van der Waals surface area contributed by atoms with Crippen molar-refractivity contribution < 1.29 is 13.2 Å². The first kappa shape index (κ1) is 20.6. The first-order valence-corrected chi connectivity index (χ1v) is 9.96. The number of carbonyl (C=O) groups is 1. The minimum atomic E-state index is -4.11. The summed E-state index contributed by atoms with van der Waals surface area (Å²) in [4.78, 5) is 16.9. The molecule has 0 saturated carbocycles. The Bertz CT molecular complexity index is 1240. The Morgan fingerprint density at radius 3 is 2.43 bits per heavy atom. The number of anilines is 4. The third-order valence-corrected chi connectivity index (χ3v) is 5.72. The van der Waals surface area contributed by atoms with Crippen molar-refractivity contribution in [3.05, 3.63) is 66.7 Å². The van der Waals surface area contributed by atoms with E-state index in [1.807, 2.05) is 6.07 Å². The number of nitrogens with two attached hydrogens (primary N) is 1. The lowest BCUT2D eigenvalue weighted by atomic mass is 10.2. The summed E-state index contributed by atoms with van der Waals surface area (Å²) in [7, 11) is -2.56. The average molecular weight is 423 g/mol. The molecule has 3 N–H and O–H groups in total. The second kappa shape index (κ2) is 8.06. The van der Waals surface area contributed by atoms with Gasteiger partial charge in [0, 0.05) is 18.4 Å². The van der Waals surface area contributed by atoms with Gasteiger partial charge >= 0.3 is 0 Å². The maximum atomic E-state index is 12.9. The number of nitriles is 1. The number of aromatic nitrogens is 3. The highest BCUT2D eigenvalue weighted by molar-refractivity contribution is 7.90. The van der Waals surface area contributed by atoms with E-state index in [0.717, 1.165) is 6.08 Å². The summed E-state index contributed by atoms with van der Waals surface area (Å²) in [5.74, 6) is -0.674. The molecule has 1 heterocycles. The van der Waals surface area contributed by atoms with Crippen molar-refractivity contribution in [3.63, 3.8) is 0 Å². The number of hydrogen-bond donors (Lipinski definition) is 2. The monoisotopic (exact) mass is 423 g/mol. The molecule has 11 heteroatoms. The van der Waals surface area contributed by atoms with E-state index in [9.17, 15) is 13.2 Å². The molecule has 0 aliphatic rings. The lowest BCUT2D eigenvalue weighted by molar-refractivity contribution is -0.113. The number of nitrogen functional groups attached to an aromatic ring is 1. The molecule has 152 valence electrons. The van der Waals surface area contributed by atoms with Crippen LogP contribution in [-0.2, 0) is 14.8 Å². The van der Waals surface area contributed by atoms with Crippen LogP contribution in [0, 0.1) is 11.3 Å². The summed E-state index contributed by atoms with van der Waals surface area (Å²) in [6.45, 7) is 3.41. The smallest absolute Gasteiger partial charge is 0.286 e. The van der Waals surface area contributed by atoms with E-state index in [1.54, 1.807) is 31.3 Å². The molecule has 0 aliphatic heterocycles. The van der Waals surface area contributed by atoms with E-state index in [2.05, 4.69) is 22.0 Å². The average Bonchev–Trinajstić information content (AvgIpc) is 3.14. The fraction of sp³-hybridized carbons (Fsp3) is 0.0526. The molecule has 30 heavy (non-hydrogen) atoms. The summed E-state index contributed by atoms with van der Waals surface area (Å²) in [6, 6.07) is 14.1. The highest BCUT2D eigenvalue weighted by Gasteiger charge is 2.23. The summed E-state index contributed by atoms with van der Waals surface area (Å²) in [5, 5.41) is 15.6. The maximum absolute atomic E-state index is 12.9. The summed E-state index contributed by atoms with van der Waals surface area (Å²) in [6.07, 6.45) is 1.16. The number of nitrogens with zero attached hydrogens (tertiary/aromatic N) is 5. The summed E-state index contributed by atoms with van der Waals surface area (Å²) in [5.41, 5.74) is 7.29. The van der Waals surface area contributed by atoms with Crippen molar-refractivity contribution in [2.24, 2.45) is 0 Å². The van der Waals surface area contributed by atoms with E-state index >= 15 is 0 Å². The molecule has 2 aromatic carbocycles. The topological polar surface area (TPSA) is 147 Å². The van der Waals surface area contributed by atoms with Gasteiger partial charge in [-0.2, -0.15) is 18.7 Å². The second-order valence-corrected chi connectivity index (χ2v) is 7.82. The zero-order valence-electron chi connectivity index (χ0n) is 15.8. The number of likely N-dealkylation sites (N-methyl/N-ethyl adjacent to an activating group) is 1. The van der Waals surface area contributed by atoms with E-state index in [0.29, 0.717) is 21.0 Å². The first-order valence-electron chi connectivity index (χ1n) is 8.51. The number of hydrogen-bond acceptors (Lipinski definition) is 8. The second-order valence-electron chi connectivity index (χ2n) is 6.05. The number of rotatable bonds is 6. The van der Waals surface area contributed by atoms with Gasteiger partial charge in [-0.1, -0.05) is 6.58 Å². The lowest BCUT2D eigenvalue weighted by Crippen LogP contribution is -2.23. The number of benzene rings is 2. The van der Waals surface area contributed by atoms with E-state index < -0.39 is 10.0 Å². The Hall–Kier alpha value is -4.17. The molecule has 3 aromatic rings. The van der Waals surface area contributed by atoms with Crippen molar-refractivity contribution in [2.45, 2.75) is 4.90 Å². The SMILES string of the molecule is C=CC(=O)N(C)c1ccc(S(=O)(=O)n2nc(Nc3ccc(C#N)cc3)nc2N)cc1. The largest absolute Gasteiger partial charge is 0.367 e. The Kier molecular flexibility index (Phi) is 5.52. The Labute approximate surface area is 172 Å². The van der Waals surface area contributed by atoms with Crippen LogP contribution in [0.25, 0.3) is 0 Å². The Morgan fingerprint density at radius 2 is 1.87 bits per heavy atom. The molecule has 0 radical (unpaired) electrons. The van der Waals surface area contributed by atoms with Gasteiger partial charge in [0.15, 0.2) is 0 Å². The van der Waals surface area contributed by atoms with E-state index in [4.69, 9.17) is 11.0 Å². The highest BCUT2D eigenvalue weighted by atomic mass is 32.2. The molecule has 3 rings (SSSR count). The summed E-state index contributed by atoms with van der Waals surface area (Å²) >= 11 is 0. The fourth-order valence-electron chi connectivity index (χ4n) is 2.50. The van der Waals surface area contributed by atoms with Crippen LogP contribution in [0.3, 0.4) is 0 Å². The first-order chi connectivity index (χ1) is 14.3. The van der Waals surface area contributed by atoms with Crippen LogP contribution in [-0.4, -0.2) is 35.5 Å². The van der Waals surface area contributed by atoms with Gasteiger partial charge in [0.1, 0.15) is 0 Å². The Morgan fingerprint density at radius 1 is 1.23 bits per heavy atom. The number of amides is 1. The van der Waals surface area contributed by atoms with Crippen LogP contribution < -0.4 is 16.0 Å². The van der Waals surface area contributed by atoms with Crippen LogP contribution in [0.5, 0.6) is 0 Å². The minimum Gasteiger partial charge on any atom is -0.367 e. The van der Waals surface area contributed by atoms with Crippen molar-refractivity contribution >= 4 is 39.2 Å². The molecule has 0 fully saturated rings. The van der Waals surface area contributed by atoms with Crippen molar-refractivity contribution in [1.29, 1.82) is 5.26 Å². The van der Waals surface area contributed by atoms with Gasteiger partial charge in [0.05, 0.1) is 16.5 Å². The standard InChI is InChI=1S/C19H17N7O3S/c1-3-17(27)25(2)15-8-10-16(11-9-15)30(28,29)26-18(21)23-19(24-26)22-14-6-4-13(12-20)5-7-14/h3-11H,1H2,2H3,(H3,21,22,23,24). The van der Waals surface area contributed by atoms with E-state index in [-0.39, 0.29) is 22.7 Å². The third-order valence-electron chi connectivity index (χ3n) is 4.13. The van der Waals surface area contributed by atoms with Gasteiger partial charge in [-0.25, -0.2) is 0 Å². The predicted octanol–water partition coefficient (Wildman–Crippen LogP) is 1.86. The van der Waals surface area contributed by atoms with Gasteiger partial charge in [-0.05, 0) is 54.6 Å². The minimum absolute atomic E-state index is 0.0197. The van der Waals surface area contributed by atoms with Crippen molar-refractivity contribution in [1.82, 2.24) is 14.2 Å². The molecular weight excluding hydrogens is 406 g/mol. The molecule has 0 atom stereocenters. The third kappa shape index (κ3) is 3.98. The fourth-order valence-corrected chi connectivity index (χ4v) is 3.66. The molecule has 0 unspecified atom stereocenters. The van der Waals surface area contributed by atoms with Gasteiger partial charge in [-0.15, -0.1) is 9.19 Å². The van der Waals surface area contributed by atoms with Gasteiger partial charge in [0.2, 0.25) is 17.8 Å². The van der Waals surface area contributed by atoms with Crippen molar-refractivity contribution in [2.75, 3.05) is 23.0 Å². The number of nitrogens with one attached hydrogen (secondary N) is 1. The molecule has 0 aliphatic carbocycles. The van der Waals surface area contributed by atoms with Gasteiger partial charge < -0.3 is 16.0 Å². The Balaban J connectivity index is 1.86. The molecule has 0 spiro atoms. The van der Waals surface area contributed by atoms with Crippen LogP contribution in [0.2, 0.25) is 0 Å². The van der Waals surface area contributed by atoms with Crippen LogP contribution in [0.1, 0.15) is 5.56 Å². The highest BCUT2D eigenvalue weighted by Crippen LogP contribution is 2.22. The molecular formula is C19H17N7O3S. The molecule has 10 nitrogen and oxygen atoms in total. The zero-order chi connectivity index (χ0) is 21.9. The van der Waals surface area contributed by atoms with Gasteiger partial charge in [0.25, 0.3) is 10.0 Å². The van der Waals surface area contributed by atoms with Crippen molar-refractivity contribution in [3.8, 4) is 6.07 Å². The number of carbonyl (C=O) groups excluding carboxylic acids is 1. The normalized spacial score (nSPS) is 10.8. The quantitative estimate of drug-likeness (QED) is 0.571. The van der Waals surface area contributed by atoms with E-state index in [1.165, 1.54) is 29.2 Å².